The number of hydrogen-bond donors (Lipinski definition) is 2. The fraction of sp³-hybridized carbons (Fsp3) is 0.600. The van der Waals surface area contributed by atoms with Crippen molar-refractivity contribution < 1.29 is 9.47 Å². The summed E-state index contributed by atoms with van der Waals surface area (Å²) in [4.78, 5) is 14.8. The lowest BCUT2D eigenvalue weighted by molar-refractivity contribution is -0.0816. The molecule has 1 aromatic heterocycles. The molecule has 2 unspecified atom stereocenters. The van der Waals surface area contributed by atoms with Gasteiger partial charge in [0.05, 0.1) is 23.7 Å². The van der Waals surface area contributed by atoms with Crippen LogP contribution in [0, 0.1) is 0 Å². The van der Waals surface area contributed by atoms with Crippen molar-refractivity contribution in [1.29, 1.82) is 0 Å². The van der Waals surface area contributed by atoms with Gasteiger partial charge in [0.1, 0.15) is 11.9 Å². The second kappa shape index (κ2) is 8.71. The molecule has 2 aliphatic rings. The highest BCUT2D eigenvalue weighted by atomic mass is 16.5. The number of aliphatic imine (C=N–C) groups is 1. The molecule has 7 nitrogen and oxygen atoms in total. The number of nitrogens with zero attached hydrogens (tertiary/aromatic N) is 3. The minimum Gasteiger partial charge on any atom is -0.375 e. The number of para-hydroxylation sites is 2. The summed E-state index contributed by atoms with van der Waals surface area (Å²) in [5.74, 6) is 1.99. The molecule has 0 amide bonds. The number of aryl methyl sites for hydroxylation is 1. The highest BCUT2D eigenvalue weighted by Crippen LogP contribution is 2.21. The Morgan fingerprint density at radius 2 is 2.19 bits per heavy atom. The van der Waals surface area contributed by atoms with E-state index in [9.17, 15) is 0 Å². The van der Waals surface area contributed by atoms with Gasteiger partial charge in [0, 0.05) is 39.7 Å². The Morgan fingerprint density at radius 1 is 1.30 bits per heavy atom. The molecule has 0 radical (unpaired) electrons. The lowest BCUT2D eigenvalue weighted by atomic mass is 10.1. The van der Waals surface area contributed by atoms with Crippen molar-refractivity contribution in [1.82, 2.24) is 20.2 Å². The summed E-state index contributed by atoms with van der Waals surface area (Å²) >= 11 is 0. The smallest absolute Gasteiger partial charge is 0.193 e. The molecule has 1 aromatic carbocycles. The summed E-state index contributed by atoms with van der Waals surface area (Å²) in [6.07, 6.45) is 4.54. The number of rotatable bonds is 5. The van der Waals surface area contributed by atoms with E-state index in [1.807, 2.05) is 25.2 Å². The van der Waals surface area contributed by atoms with E-state index in [2.05, 4.69) is 31.2 Å². The molecule has 0 spiro atoms. The van der Waals surface area contributed by atoms with Crippen molar-refractivity contribution in [3.8, 4) is 0 Å². The number of hydrogen-bond acceptors (Lipinski definition) is 4. The molecule has 7 heteroatoms. The number of benzene rings is 1. The van der Waals surface area contributed by atoms with Gasteiger partial charge < -0.3 is 24.7 Å². The summed E-state index contributed by atoms with van der Waals surface area (Å²) < 4.78 is 11.7. The molecule has 2 saturated heterocycles. The van der Waals surface area contributed by atoms with Gasteiger partial charge in [-0.25, -0.2) is 4.98 Å². The first-order valence-electron chi connectivity index (χ1n) is 9.96. The van der Waals surface area contributed by atoms with E-state index in [-0.39, 0.29) is 12.2 Å². The van der Waals surface area contributed by atoms with E-state index in [0.717, 1.165) is 81.3 Å². The molecule has 0 saturated carbocycles. The second-order valence-electron chi connectivity index (χ2n) is 7.18. The molecule has 0 bridgehead atoms. The number of morpholine rings is 1. The number of fused-ring (bicyclic) bond motifs is 1. The van der Waals surface area contributed by atoms with Crippen LogP contribution in [0.1, 0.15) is 25.1 Å². The molecule has 2 fully saturated rings. The third-order valence-corrected chi connectivity index (χ3v) is 5.30. The van der Waals surface area contributed by atoms with Crippen LogP contribution in [0.2, 0.25) is 0 Å². The average molecular weight is 371 g/mol. The predicted octanol–water partition coefficient (Wildman–Crippen LogP) is 1.95. The predicted molar refractivity (Wildman–Crippen MR) is 106 cm³/mol. The minimum absolute atomic E-state index is 0.148. The maximum absolute atomic E-state index is 5.94. The largest absolute Gasteiger partial charge is 0.375 e. The van der Waals surface area contributed by atoms with E-state index < -0.39 is 0 Å². The van der Waals surface area contributed by atoms with Crippen molar-refractivity contribution in [3.63, 3.8) is 0 Å². The van der Waals surface area contributed by atoms with Crippen LogP contribution in [0.5, 0.6) is 0 Å². The molecular weight excluding hydrogens is 342 g/mol. The van der Waals surface area contributed by atoms with Crippen molar-refractivity contribution in [3.05, 3.63) is 30.1 Å². The van der Waals surface area contributed by atoms with Crippen molar-refractivity contribution in [2.75, 3.05) is 39.9 Å². The maximum Gasteiger partial charge on any atom is 0.193 e. The Morgan fingerprint density at radius 3 is 3.00 bits per heavy atom. The topological polar surface area (TPSA) is 74.8 Å². The van der Waals surface area contributed by atoms with Crippen molar-refractivity contribution >= 4 is 17.0 Å². The highest BCUT2D eigenvalue weighted by Gasteiger charge is 2.32. The minimum atomic E-state index is 0.148. The van der Waals surface area contributed by atoms with Crippen LogP contribution in [0.4, 0.5) is 0 Å². The van der Waals surface area contributed by atoms with Crippen LogP contribution >= 0.6 is 0 Å². The summed E-state index contributed by atoms with van der Waals surface area (Å²) in [7, 11) is 1.85. The average Bonchev–Trinajstić information content (AvgIpc) is 3.38. The zero-order chi connectivity index (χ0) is 18.5. The van der Waals surface area contributed by atoms with Crippen LogP contribution in [0.15, 0.2) is 29.3 Å². The third kappa shape index (κ3) is 4.42. The van der Waals surface area contributed by atoms with Crippen molar-refractivity contribution in [2.24, 2.45) is 4.99 Å². The van der Waals surface area contributed by atoms with Gasteiger partial charge in [0.25, 0.3) is 0 Å². The fourth-order valence-electron chi connectivity index (χ4n) is 3.90. The molecule has 0 aliphatic carbocycles. The number of ether oxygens (including phenoxy) is 2. The fourth-order valence-corrected chi connectivity index (χ4v) is 3.90. The number of aromatic nitrogens is 2. The van der Waals surface area contributed by atoms with Crippen LogP contribution in [-0.2, 0) is 15.9 Å². The zero-order valence-corrected chi connectivity index (χ0v) is 16.0. The first-order chi connectivity index (χ1) is 13.3. The molecule has 27 heavy (non-hydrogen) atoms. The summed E-state index contributed by atoms with van der Waals surface area (Å²) in [5, 5.41) is 3.49. The van der Waals surface area contributed by atoms with Gasteiger partial charge in [-0.3, -0.25) is 4.99 Å². The van der Waals surface area contributed by atoms with Gasteiger partial charge >= 0.3 is 0 Å². The Hall–Kier alpha value is -2.12. The van der Waals surface area contributed by atoms with Gasteiger partial charge in [0.15, 0.2) is 5.96 Å². The Kier molecular flexibility index (Phi) is 5.89. The Bertz CT molecular complexity index is 736. The molecule has 3 heterocycles. The van der Waals surface area contributed by atoms with Gasteiger partial charge in [-0.05, 0) is 31.4 Å². The third-order valence-electron chi connectivity index (χ3n) is 5.30. The van der Waals surface area contributed by atoms with Crippen LogP contribution in [-0.4, -0.2) is 72.9 Å². The van der Waals surface area contributed by atoms with Crippen LogP contribution < -0.4 is 5.32 Å². The number of aromatic amines is 1. The Labute approximate surface area is 160 Å². The second-order valence-corrected chi connectivity index (χ2v) is 7.18. The normalized spacial score (nSPS) is 23.9. The first kappa shape index (κ1) is 18.3. The molecule has 2 atom stereocenters. The molecule has 146 valence electrons. The summed E-state index contributed by atoms with van der Waals surface area (Å²) in [6.45, 7) is 4.16. The van der Waals surface area contributed by atoms with E-state index in [1.54, 1.807) is 0 Å². The van der Waals surface area contributed by atoms with Crippen LogP contribution in [0.3, 0.4) is 0 Å². The van der Waals surface area contributed by atoms with Crippen LogP contribution in [0.25, 0.3) is 11.0 Å². The SMILES string of the molecule is CN=C(NCCCc1nc2ccccc2[nH]1)N1CCOC(C2CCCO2)C1. The zero-order valence-electron chi connectivity index (χ0n) is 16.0. The first-order valence-corrected chi connectivity index (χ1v) is 9.96. The maximum atomic E-state index is 5.94. The standard InChI is InChI=1S/C20H29N5O2/c1-21-20(25-11-13-27-18(14-25)17-8-5-12-26-17)22-10-4-9-19-23-15-6-2-3-7-16(15)24-19/h2-3,6-7,17-18H,4-5,8-14H2,1H3,(H,21,22)(H,23,24). The monoisotopic (exact) mass is 371 g/mol. The molecule has 2 aliphatic heterocycles. The number of nitrogens with one attached hydrogen (secondary N) is 2. The molecular formula is C20H29N5O2. The quantitative estimate of drug-likeness (QED) is 0.477. The van der Waals surface area contributed by atoms with Gasteiger partial charge in [-0.1, -0.05) is 12.1 Å². The number of imidazole rings is 1. The lowest BCUT2D eigenvalue weighted by Crippen LogP contribution is -2.53. The van der Waals surface area contributed by atoms with Gasteiger partial charge in [-0.15, -0.1) is 0 Å². The molecule has 2 N–H and O–H groups in total. The van der Waals surface area contributed by atoms with E-state index in [0.29, 0.717) is 0 Å². The summed E-state index contributed by atoms with van der Waals surface area (Å²) in [6, 6.07) is 8.15. The molecule has 2 aromatic rings. The highest BCUT2D eigenvalue weighted by molar-refractivity contribution is 5.80. The lowest BCUT2D eigenvalue weighted by Gasteiger charge is -2.37. The van der Waals surface area contributed by atoms with E-state index in [1.165, 1.54) is 0 Å². The van der Waals surface area contributed by atoms with E-state index >= 15 is 0 Å². The van der Waals surface area contributed by atoms with Gasteiger partial charge in [0.2, 0.25) is 0 Å². The van der Waals surface area contributed by atoms with E-state index in [4.69, 9.17) is 9.47 Å². The van der Waals surface area contributed by atoms with Crippen molar-refractivity contribution in [2.45, 2.75) is 37.9 Å². The Balaban J connectivity index is 1.25. The van der Waals surface area contributed by atoms with Gasteiger partial charge in [-0.2, -0.15) is 0 Å². The number of guanidine groups is 1. The molecule has 4 rings (SSSR count). The number of H-pyrrole nitrogens is 1. The summed E-state index contributed by atoms with van der Waals surface area (Å²) in [5.41, 5.74) is 2.13.